The molecule has 0 saturated heterocycles. The number of amides is 2. The molecule has 7 nitrogen and oxygen atoms in total. The third-order valence-electron chi connectivity index (χ3n) is 3.77. The van der Waals surface area contributed by atoms with Gasteiger partial charge in [0, 0.05) is 15.3 Å². The minimum Gasteiger partial charge on any atom is -0.283 e. The molecule has 2 aromatic rings. The number of carbonyl (C=O) groups excluding carboxylic acids is 2. The Kier molecular flexibility index (Phi) is 5.92. The summed E-state index contributed by atoms with van der Waals surface area (Å²) in [6.45, 7) is 0. The van der Waals surface area contributed by atoms with E-state index in [0.29, 0.717) is 15.5 Å². The van der Waals surface area contributed by atoms with E-state index in [2.05, 4.69) is 0 Å². The summed E-state index contributed by atoms with van der Waals surface area (Å²) in [7, 11) is -3.61. The van der Waals surface area contributed by atoms with Crippen LogP contribution in [-0.4, -0.2) is 25.6 Å². The van der Waals surface area contributed by atoms with Crippen LogP contribution in [0.15, 0.2) is 51.7 Å². The van der Waals surface area contributed by atoms with Gasteiger partial charge in [-0.3, -0.25) is 15.1 Å². The zero-order valence-corrected chi connectivity index (χ0v) is 16.8. The number of rotatable bonds is 5. The van der Waals surface area contributed by atoms with Crippen molar-refractivity contribution < 1.29 is 18.0 Å². The highest BCUT2D eigenvalue weighted by molar-refractivity contribution is 8.02. The van der Waals surface area contributed by atoms with E-state index in [4.69, 9.17) is 17.4 Å². The number of hydrogen-bond acceptors (Lipinski definition) is 7. The number of carbonyl (C=O) groups is 1. The molecule has 3 N–H and O–H groups in total. The second-order valence-corrected chi connectivity index (χ2v) is 9.76. The molecule has 3 rings (SSSR count). The maximum absolute atomic E-state index is 12.7. The van der Waals surface area contributed by atoms with Crippen molar-refractivity contribution in [2.45, 2.75) is 16.0 Å². The van der Waals surface area contributed by atoms with Gasteiger partial charge in [0.15, 0.2) is 9.84 Å². The Morgan fingerprint density at radius 3 is 2.63 bits per heavy atom. The Balaban J connectivity index is 1.91. The molecule has 0 aliphatic carbocycles. The third-order valence-corrected chi connectivity index (χ3v) is 7.93. The molecule has 2 heterocycles. The number of thiophene rings is 1. The van der Waals surface area contributed by atoms with Crippen molar-refractivity contribution >= 4 is 56.9 Å². The first-order valence-corrected chi connectivity index (χ1v) is 11.3. The van der Waals surface area contributed by atoms with Crippen LogP contribution >= 0.6 is 34.7 Å². The van der Waals surface area contributed by atoms with Crippen molar-refractivity contribution in [2.75, 3.05) is 0 Å². The Morgan fingerprint density at radius 2 is 2.00 bits per heavy atom. The summed E-state index contributed by atoms with van der Waals surface area (Å²) in [6, 6.07) is 6.93. The van der Waals surface area contributed by atoms with E-state index >= 15 is 0 Å². The van der Waals surface area contributed by atoms with E-state index in [9.17, 15) is 18.0 Å². The fraction of sp³-hybridized carbons (Fsp3) is 0.125. The van der Waals surface area contributed by atoms with Crippen LogP contribution in [-0.2, 0) is 20.4 Å². The largest absolute Gasteiger partial charge is 0.337 e. The summed E-state index contributed by atoms with van der Waals surface area (Å²) < 4.78 is 25.5. The van der Waals surface area contributed by atoms with Gasteiger partial charge in [0.05, 0.1) is 10.6 Å². The van der Waals surface area contributed by atoms with Crippen LogP contribution in [0.3, 0.4) is 0 Å². The number of nitrogens with two attached hydrogens (primary N) is 1. The molecule has 1 aromatic carbocycles. The molecule has 11 heteroatoms. The molecule has 1 radical (unpaired) electrons. The van der Waals surface area contributed by atoms with Crippen molar-refractivity contribution in [3.63, 3.8) is 0 Å². The number of sulfone groups is 1. The normalized spacial score (nSPS) is 16.9. The van der Waals surface area contributed by atoms with Crippen LogP contribution in [0.5, 0.6) is 0 Å². The fourth-order valence-electron chi connectivity index (χ4n) is 2.52. The van der Waals surface area contributed by atoms with Gasteiger partial charge in [-0.2, -0.15) is 0 Å². The van der Waals surface area contributed by atoms with Gasteiger partial charge in [-0.15, -0.1) is 23.1 Å². The molecule has 0 fully saturated rings. The number of thioether (sulfide) groups is 1. The molecule has 1 aliphatic rings. The molecule has 2 amide bonds. The minimum atomic E-state index is -3.61. The number of halogens is 1. The van der Waals surface area contributed by atoms with Gasteiger partial charge in [-0.1, -0.05) is 11.6 Å². The number of nitrogens with zero attached hydrogens (tertiary/aromatic N) is 1. The van der Waals surface area contributed by atoms with Crippen LogP contribution in [0.2, 0.25) is 5.02 Å². The van der Waals surface area contributed by atoms with Crippen LogP contribution in [0.4, 0.5) is 4.79 Å². The first-order chi connectivity index (χ1) is 12.9. The maximum Gasteiger partial charge on any atom is 0.337 e. The summed E-state index contributed by atoms with van der Waals surface area (Å²) in [6.07, 6.45) is 1.69. The van der Waals surface area contributed by atoms with Crippen LogP contribution in [0.1, 0.15) is 15.8 Å². The standard InChI is InChI=1S/C16H13ClN3O4S3/c17-11-1-3-13(4-2-11)27(23,24)9-10-5-6-25-14(10)15-20(16(22)19-18)12(7-21)8-26-15/h1-6,8,15H,9,18H2,(H,19,22). The minimum absolute atomic E-state index is 0.0351. The van der Waals surface area contributed by atoms with Gasteiger partial charge in [0.25, 0.3) is 6.29 Å². The van der Waals surface area contributed by atoms with Crippen LogP contribution < -0.4 is 11.3 Å². The maximum atomic E-state index is 12.7. The Bertz CT molecular complexity index is 1000. The number of allylic oxidation sites excluding steroid dienone is 1. The molecule has 141 valence electrons. The van der Waals surface area contributed by atoms with Crippen molar-refractivity contribution in [2.24, 2.45) is 5.84 Å². The third kappa shape index (κ3) is 4.04. The molecule has 0 saturated carbocycles. The first-order valence-electron chi connectivity index (χ1n) is 7.45. The van der Waals surface area contributed by atoms with Gasteiger partial charge in [-0.25, -0.2) is 19.1 Å². The molecule has 1 unspecified atom stereocenters. The lowest BCUT2D eigenvalue weighted by molar-refractivity contribution is 0.211. The zero-order valence-electron chi connectivity index (χ0n) is 13.6. The summed E-state index contributed by atoms with van der Waals surface area (Å²) >= 11 is 8.32. The predicted molar refractivity (Wildman–Crippen MR) is 105 cm³/mol. The van der Waals surface area contributed by atoms with Crippen molar-refractivity contribution in [1.29, 1.82) is 0 Å². The second kappa shape index (κ2) is 8.03. The summed E-state index contributed by atoms with van der Waals surface area (Å²) in [4.78, 5) is 25.1. The molecule has 0 bridgehead atoms. The van der Waals surface area contributed by atoms with E-state index in [1.807, 2.05) is 5.43 Å². The van der Waals surface area contributed by atoms with Gasteiger partial charge < -0.3 is 0 Å². The SMILES string of the molecule is NNC(=O)N1C([C]=O)=CSC1c1sccc1CS(=O)(=O)c1ccc(Cl)cc1. The average Bonchev–Trinajstić information content (AvgIpc) is 3.27. The monoisotopic (exact) mass is 442 g/mol. The van der Waals surface area contributed by atoms with Gasteiger partial charge >= 0.3 is 6.03 Å². The number of hydrazine groups is 1. The molecule has 1 aliphatic heterocycles. The lowest BCUT2D eigenvalue weighted by Crippen LogP contribution is -2.42. The van der Waals surface area contributed by atoms with Crippen molar-refractivity contribution in [3.05, 3.63) is 62.3 Å². The van der Waals surface area contributed by atoms with Crippen molar-refractivity contribution in [1.82, 2.24) is 10.3 Å². The average molecular weight is 443 g/mol. The topological polar surface area (TPSA) is 110 Å². The number of nitrogens with one attached hydrogen (secondary N) is 1. The first kappa shape index (κ1) is 19.9. The van der Waals surface area contributed by atoms with Gasteiger partial charge in [-0.05, 0) is 41.3 Å². The lowest BCUT2D eigenvalue weighted by Gasteiger charge is -2.24. The van der Waals surface area contributed by atoms with E-state index < -0.39 is 21.2 Å². The fourth-order valence-corrected chi connectivity index (χ4v) is 6.37. The van der Waals surface area contributed by atoms with E-state index in [-0.39, 0.29) is 16.3 Å². The van der Waals surface area contributed by atoms with Crippen LogP contribution in [0, 0.1) is 0 Å². The quantitative estimate of drug-likeness (QED) is 0.418. The Labute approximate surface area is 169 Å². The molecular weight excluding hydrogens is 430 g/mol. The van der Waals surface area contributed by atoms with Gasteiger partial charge in [0.1, 0.15) is 11.1 Å². The molecule has 1 atom stereocenters. The van der Waals surface area contributed by atoms with Crippen LogP contribution in [0.25, 0.3) is 0 Å². The number of benzene rings is 1. The number of urea groups is 1. The van der Waals surface area contributed by atoms with E-state index in [0.717, 1.165) is 4.90 Å². The summed E-state index contributed by atoms with van der Waals surface area (Å²) in [5.74, 6) is 4.95. The Hall–Kier alpha value is -1.85. The second-order valence-electron chi connectivity index (χ2n) is 5.44. The Morgan fingerprint density at radius 1 is 1.30 bits per heavy atom. The van der Waals surface area contributed by atoms with Gasteiger partial charge in [0.2, 0.25) is 0 Å². The smallest absolute Gasteiger partial charge is 0.283 e. The van der Waals surface area contributed by atoms with Crippen molar-refractivity contribution in [3.8, 4) is 0 Å². The highest BCUT2D eigenvalue weighted by Crippen LogP contribution is 2.45. The molecular formula is C16H13ClN3O4S3. The number of hydrogen-bond donors (Lipinski definition) is 2. The molecule has 1 aromatic heterocycles. The van der Waals surface area contributed by atoms with E-state index in [1.54, 1.807) is 17.7 Å². The molecule has 27 heavy (non-hydrogen) atoms. The summed E-state index contributed by atoms with van der Waals surface area (Å²) in [5, 5.41) is 3.08. The van der Waals surface area contributed by atoms with E-state index in [1.165, 1.54) is 52.8 Å². The highest BCUT2D eigenvalue weighted by atomic mass is 35.5. The predicted octanol–water partition coefficient (Wildman–Crippen LogP) is 2.96. The summed E-state index contributed by atoms with van der Waals surface area (Å²) in [5.41, 5.74) is 2.57. The zero-order chi connectivity index (χ0) is 19.6. The highest BCUT2D eigenvalue weighted by Gasteiger charge is 2.36. The lowest BCUT2D eigenvalue weighted by atomic mass is 10.2. The molecule has 0 spiro atoms.